The van der Waals surface area contributed by atoms with Crippen LogP contribution in [0, 0.1) is 0 Å². The summed E-state index contributed by atoms with van der Waals surface area (Å²) in [5.74, 6) is -0.0966. The number of rotatable bonds is 2. The Morgan fingerprint density at radius 1 is 1.10 bits per heavy atom. The van der Waals surface area contributed by atoms with E-state index in [2.05, 4.69) is 10.6 Å². The summed E-state index contributed by atoms with van der Waals surface area (Å²) in [4.78, 5) is 12.2. The van der Waals surface area contributed by atoms with Crippen LogP contribution in [0.2, 0.25) is 5.02 Å². The first-order valence-electron chi connectivity index (χ1n) is 6.62. The molecule has 3 rings (SSSR count). The van der Waals surface area contributed by atoms with E-state index in [1.165, 1.54) is 11.1 Å². The monoisotopic (exact) mass is 286 g/mol. The molecule has 0 bridgehead atoms. The fourth-order valence-electron chi connectivity index (χ4n) is 2.36. The van der Waals surface area contributed by atoms with E-state index >= 15 is 0 Å². The number of benzene rings is 2. The Hall–Kier alpha value is -1.84. The van der Waals surface area contributed by atoms with Crippen LogP contribution in [0.1, 0.15) is 21.5 Å². The van der Waals surface area contributed by atoms with Crippen LogP contribution in [-0.4, -0.2) is 12.5 Å². The standard InChI is InChI=1S/C16H15ClN2O/c17-14-3-5-15(6-4-14)19-16(20)12-2-1-11-7-8-18-10-13(11)9-12/h1-6,9,18H,7-8,10H2,(H,19,20). The van der Waals surface area contributed by atoms with Crippen molar-refractivity contribution in [1.82, 2.24) is 5.32 Å². The smallest absolute Gasteiger partial charge is 0.255 e. The SMILES string of the molecule is O=C(Nc1ccc(Cl)cc1)c1ccc2c(c1)CNCC2. The molecular weight excluding hydrogens is 272 g/mol. The van der Waals surface area contributed by atoms with Gasteiger partial charge in [-0.2, -0.15) is 0 Å². The third-order valence-electron chi connectivity index (χ3n) is 3.46. The molecule has 0 radical (unpaired) electrons. The Labute approximate surface area is 123 Å². The van der Waals surface area contributed by atoms with Crippen LogP contribution in [0.4, 0.5) is 5.69 Å². The molecule has 2 aromatic rings. The second-order valence-corrected chi connectivity index (χ2v) is 5.31. The van der Waals surface area contributed by atoms with Crippen molar-refractivity contribution in [2.45, 2.75) is 13.0 Å². The van der Waals surface area contributed by atoms with Gasteiger partial charge in [0.25, 0.3) is 5.91 Å². The van der Waals surface area contributed by atoms with Gasteiger partial charge in [-0.15, -0.1) is 0 Å². The third kappa shape index (κ3) is 2.84. The molecule has 2 aromatic carbocycles. The lowest BCUT2D eigenvalue weighted by molar-refractivity contribution is 0.102. The van der Waals surface area contributed by atoms with Gasteiger partial charge >= 0.3 is 0 Å². The molecule has 1 aliphatic rings. The Kier molecular flexibility index (Phi) is 3.72. The van der Waals surface area contributed by atoms with Crippen LogP contribution in [0.15, 0.2) is 42.5 Å². The van der Waals surface area contributed by atoms with E-state index in [1.807, 2.05) is 18.2 Å². The van der Waals surface area contributed by atoms with E-state index in [9.17, 15) is 4.79 Å². The van der Waals surface area contributed by atoms with Crippen molar-refractivity contribution in [2.24, 2.45) is 0 Å². The Morgan fingerprint density at radius 2 is 1.90 bits per heavy atom. The minimum Gasteiger partial charge on any atom is -0.322 e. The van der Waals surface area contributed by atoms with E-state index < -0.39 is 0 Å². The summed E-state index contributed by atoms with van der Waals surface area (Å²) in [6.07, 6.45) is 1.02. The molecule has 0 spiro atoms. The van der Waals surface area contributed by atoms with Gasteiger partial charge in [0.2, 0.25) is 0 Å². The van der Waals surface area contributed by atoms with Crippen LogP contribution in [0.3, 0.4) is 0 Å². The fraction of sp³-hybridized carbons (Fsp3) is 0.188. The van der Waals surface area contributed by atoms with Crippen molar-refractivity contribution < 1.29 is 4.79 Å². The Morgan fingerprint density at radius 3 is 2.70 bits per heavy atom. The molecule has 102 valence electrons. The largest absolute Gasteiger partial charge is 0.322 e. The predicted molar refractivity (Wildman–Crippen MR) is 81.3 cm³/mol. The minimum absolute atomic E-state index is 0.0966. The topological polar surface area (TPSA) is 41.1 Å². The molecule has 0 atom stereocenters. The van der Waals surface area contributed by atoms with E-state index in [0.717, 1.165) is 25.2 Å². The first-order chi connectivity index (χ1) is 9.72. The highest BCUT2D eigenvalue weighted by atomic mass is 35.5. The summed E-state index contributed by atoms with van der Waals surface area (Å²) in [6.45, 7) is 1.83. The summed E-state index contributed by atoms with van der Waals surface area (Å²) in [6, 6.07) is 13.0. The third-order valence-corrected chi connectivity index (χ3v) is 3.71. The van der Waals surface area contributed by atoms with Crippen molar-refractivity contribution >= 4 is 23.2 Å². The van der Waals surface area contributed by atoms with Crippen molar-refractivity contribution in [3.8, 4) is 0 Å². The van der Waals surface area contributed by atoms with Crippen LogP contribution >= 0.6 is 11.6 Å². The molecule has 2 N–H and O–H groups in total. The minimum atomic E-state index is -0.0966. The van der Waals surface area contributed by atoms with Gasteiger partial charge in [0, 0.05) is 22.8 Å². The van der Waals surface area contributed by atoms with Crippen LogP contribution < -0.4 is 10.6 Å². The highest BCUT2D eigenvalue weighted by Crippen LogP contribution is 2.18. The van der Waals surface area contributed by atoms with Gasteiger partial charge in [-0.3, -0.25) is 4.79 Å². The number of carbonyl (C=O) groups is 1. The van der Waals surface area contributed by atoms with Gasteiger partial charge in [0.05, 0.1) is 0 Å². The number of halogens is 1. The molecule has 0 unspecified atom stereocenters. The molecule has 0 aliphatic carbocycles. The number of fused-ring (bicyclic) bond motifs is 1. The molecule has 0 saturated heterocycles. The summed E-state index contributed by atoms with van der Waals surface area (Å²) in [5.41, 5.74) is 3.96. The zero-order chi connectivity index (χ0) is 13.9. The van der Waals surface area contributed by atoms with Gasteiger partial charge in [-0.05, 0) is 60.5 Å². The van der Waals surface area contributed by atoms with Crippen LogP contribution in [0.5, 0.6) is 0 Å². The summed E-state index contributed by atoms with van der Waals surface area (Å²) in [5, 5.41) is 6.85. The second kappa shape index (κ2) is 5.65. The molecule has 0 saturated carbocycles. The summed E-state index contributed by atoms with van der Waals surface area (Å²) < 4.78 is 0. The van der Waals surface area contributed by atoms with E-state index in [0.29, 0.717) is 10.6 Å². The van der Waals surface area contributed by atoms with Crippen LogP contribution in [0.25, 0.3) is 0 Å². The highest BCUT2D eigenvalue weighted by molar-refractivity contribution is 6.30. The zero-order valence-electron chi connectivity index (χ0n) is 10.9. The Balaban J connectivity index is 1.78. The number of hydrogen-bond donors (Lipinski definition) is 2. The van der Waals surface area contributed by atoms with Gasteiger partial charge in [-0.25, -0.2) is 0 Å². The van der Waals surface area contributed by atoms with E-state index in [1.54, 1.807) is 24.3 Å². The van der Waals surface area contributed by atoms with E-state index in [-0.39, 0.29) is 5.91 Å². The first kappa shape index (κ1) is 13.2. The van der Waals surface area contributed by atoms with Crippen molar-refractivity contribution in [1.29, 1.82) is 0 Å². The quantitative estimate of drug-likeness (QED) is 0.890. The molecule has 1 heterocycles. The van der Waals surface area contributed by atoms with Gasteiger partial charge in [-0.1, -0.05) is 17.7 Å². The zero-order valence-corrected chi connectivity index (χ0v) is 11.7. The van der Waals surface area contributed by atoms with Gasteiger partial charge < -0.3 is 10.6 Å². The van der Waals surface area contributed by atoms with Crippen molar-refractivity contribution in [2.75, 3.05) is 11.9 Å². The lowest BCUT2D eigenvalue weighted by Gasteiger charge is -2.17. The number of hydrogen-bond acceptors (Lipinski definition) is 2. The average Bonchev–Trinajstić information content (AvgIpc) is 2.49. The number of amides is 1. The summed E-state index contributed by atoms with van der Waals surface area (Å²) in [7, 11) is 0. The highest BCUT2D eigenvalue weighted by Gasteiger charge is 2.12. The maximum Gasteiger partial charge on any atom is 0.255 e. The van der Waals surface area contributed by atoms with Gasteiger partial charge in [0.15, 0.2) is 0 Å². The lowest BCUT2D eigenvalue weighted by atomic mass is 9.98. The summed E-state index contributed by atoms with van der Waals surface area (Å²) >= 11 is 5.82. The predicted octanol–water partition coefficient (Wildman–Crippen LogP) is 3.24. The molecule has 4 heteroatoms. The number of anilines is 1. The van der Waals surface area contributed by atoms with Crippen LogP contribution in [-0.2, 0) is 13.0 Å². The molecule has 3 nitrogen and oxygen atoms in total. The lowest BCUT2D eigenvalue weighted by Crippen LogP contribution is -2.24. The fourth-order valence-corrected chi connectivity index (χ4v) is 2.48. The maximum absolute atomic E-state index is 12.2. The first-order valence-corrected chi connectivity index (χ1v) is 6.99. The van der Waals surface area contributed by atoms with Crippen molar-refractivity contribution in [3.05, 3.63) is 64.2 Å². The molecule has 20 heavy (non-hydrogen) atoms. The molecule has 0 aromatic heterocycles. The average molecular weight is 287 g/mol. The molecule has 0 fully saturated rings. The number of nitrogens with one attached hydrogen (secondary N) is 2. The Bertz CT molecular complexity index is 637. The molecule has 1 aliphatic heterocycles. The second-order valence-electron chi connectivity index (χ2n) is 4.87. The normalized spacial score (nSPS) is 13.7. The molecule has 1 amide bonds. The maximum atomic E-state index is 12.2. The van der Waals surface area contributed by atoms with Crippen molar-refractivity contribution in [3.63, 3.8) is 0 Å². The number of carbonyl (C=O) groups excluding carboxylic acids is 1. The van der Waals surface area contributed by atoms with Gasteiger partial charge in [0.1, 0.15) is 0 Å². The molecular formula is C16H15ClN2O. The van der Waals surface area contributed by atoms with E-state index in [4.69, 9.17) is 11.6 Å².